The number of anilines is 1. The Kier molecular flexibility index (Phi) is 3.75. The van der Waals surface area contributed by atoms with E-state index in [1.807, 2.05) is 13.0 Å². The third-order valence-corrected chi connectivity index (χ3v) is 4.05. The van der Waals surface area contributed by atoms with Crippen LogP contribution in [0.1, 0.15) is 30.3 Å². The van der Waals surface area contributed by atoms with Crippen LogP contribution in [0.25, 0.3) is 0 Å². The van der Waals surface area contributed by atoms with Gasteiger partial charge in [-0.3, -0.25) is 0 Å². The largest absolute Gasteiger partial charge is 0.373 e. The summed E-state index contributed by atoms with van der Waals surface area (Å²) in [6.07, 6.45) is 2.17. The Labute approximate surface area is 117 Å². The van der Waals surface area contributed by atoms with Crippen molar-refractivity contribution in [2.24, 2.45) is 0 Å². The standard InChI is InChI=1S/C14H17N3OS/c1-10-15-14(19-17-10)16-12-7-8-18-13(9-12)11-5-3-2-4-6-11/h2-6,12-13H,7-9H2,1H3,(H,15,16,17). The van der Waals surface area contributed by atoms with Gasteiger partial charge in [0.05, 0.1) is 6.10 Å². The number of nitrogens with zero attached hydrogens (tertiary/aromatic N) is 2. The van der Waals surface area contributed by atoms with E-state index in [4.69, 9.17) is 4.74 Å². The van der Waals surface area contributed by atoms with Gasteiger partial charge >= 0.3 is 0 Å². The van der Waals surface area contributed by atoms with Crippen LogP contribution in [0.15, 0.2) is 30.3 Å². The lowest BCUT2D eigenvalue weighted by atomic mass is 9.98. The molecule has 3 rings (SSSR count). The molecule has 1 fully saturated rings. The van der Waals surface area contributed by atoms with Crippen molar-refractivity contribution in [3.63, 3.8) is 0 Å². The minimum absolute atomic E-state index is 0.182. The fourth-order valence-electron chi connectivity index (χ4n) is 2.36. The second-order valence-corrected chi connectivity index (χ2v) is 5.53. The lowest BCUT2D eigenvalue weighted by Gasteiger charge is -2.30. The molecule has 0 saturated carbocycles. The summed E-state index contributed by atoms with van der Waals surface area (Å²) in [6, 6.07) is 10.8. The first-order valence-corrected chi connectivity index (χ1v) is 7.32. The Morgan fingerprint density at radius 1 is 1.32 bits per heavy atom. The van der Waals surface area contributed by atoms with Gasteiger partial charge in [-0.1, -0.05) is 30.3 Å². The van der Waals surface area contributed by atoms with Crippen LogP contribution >= 0.6 is 11.5 Å². The summed E-state index contributed by atoms with van der Waals surface area (Å²) in [4.78, 5) is 4.36. The molecule has 4 nitrogen and oxygen atoms in total. The van der Waals surface area contributed by atoms with Crippen LogP contribution in [0.2, 0.25) is 0 Å². The summed E-state index contributed by atoms with van der Waals surface area (Å²) in [5.74, 6) is 0.833. The molecular weight excluding hydrogens is 258 g/mol. The summed E-state index contributed by atoms with van der Waals surface area (Å²) in [6.45, 7) is 2.70. The van der Waals surface area contributed by atoms with E-state index in [1.54, 1.807) is 0 Å². The summed E-state index contributed by atoms with van der Waals surface area (Å²) in [5, 5.41) is 4.38. The highest BCUT2D eigenvalue weighted by atomic mass is 32.1. The van der Waals surface area contributed by atoms with Crippen LogP contribution in [-0.2, 0) is 4.74 Å². The second kappa shape index (κ2) is 5.67. The number of nitrogens with one attached hydrogen (secondary N) is 1. The quantitative estimate of drug-likeness (QED) is 0.934. The normalized spacial score (nSPS) is 23.2. The predicted octanol–water partition coefficient (Wildman–Crippen LogP) is 3.18. The highest BCUT2D eigenvalue weighted by molar-refractivity contribution is 7.09. The number of ether oxygens (including phenoxy) is 1. The molecule has 1 N–H and O–H groups in total. The van der Waals surface area contributed by atoms with Crippen LogP contribution < -0.4 is 5.32 Å². The van der Waals surface area contributed by atoms with Crippen LogP contribution in [0, 0.1) is 6.92 Å². The average molecular weight is 275 g/mol. The molecule has 2 heterocycles. The summed E-state index contributed by atoms with van der Waals surface area (Å²) >= 11 is 1.43. The molecule has 1 aromatic carbocycles. The van der Waals surface area contributed by atoms with Gasteiger partial charge in [0.15, 0.2) is 0 Å². The molecule has 0 amide bonds. The molecule has 2 unspecified atom stereocenters. The third-order valence-electron chi connectivity index (χ3n) is 3.31. The average Bonchev–Trinajstić information content (AvgIpc) is 2.85. The van der Waals surface area contributed by atoms with Gasteiger partial charge in [0.2, 0.25) is 5.13 Å². The first-order valence-electron chi connectivity index (χ1n) is 6.54. The molecule has 0 spiro atoms. The highest BCUT2D eigenvalue weighted by Gasteiger charge is 2.24. The van der Waals surface area contributed by atoms with Crippen LogP contribution in [0.5, 0.6) is 0 Å². The number of hydrogen-bond acceptors (Lipinski definition) is 5. The molecule has 0 radical (unpaired) electrons. The zero-order valence-electron chi connectivity index (χ0n) is 10.9. The monoisotopic (exact) mass is 275 g/mol. The fourth-order valence-corrected chi connectivity index (χ4v) is 3.01. The summed E-state index contributed by atoms with van der Waals surface area (Å²) in [7, 11) is 0. The topological polar surface area (TPSA) is 47.0 Å². The van der Waals surface area contributed by atoms with E-state index in [0.717, 1.165) is 30.4 Å². The number of aromatic nitrogens is 2. The first-order chi connectivity index (χ1) is 9.31. The van der Waals surface area contributed by atoms with Crippen molar-refractivity contribution in [1.29, 1.82) is 0 Å². The molecule has 19 heavy (non-hydrogen) atoms. The van der Waals surface area contributed by atoms with E-state index in [9.17, 15) is 0 Å². The van der Waals surface area contributed by atoms with Crippen molar-refractivity contribution in [3.8, 4) is 0 Å². The number of hydrogen-bond donors (Lipinski definition) is 1. The summed E-state index contributed by atoms with van der Waals surface area (Å²) < 4.78 is 10.1. The van der Waals surface area contributed by atoms with Crippen LogP contribution in [0.4, 0.5) is 5.13 Å². The van der Waals surface area contributed by atoms with E-state index in [1.165, 1.54) is 17.1 Å². The maximum absolute atomic E-state index is 5.86. The van der Waals surface area contributed by atoms with Crippen molar-refractivity contribution >= 4 is 16.7 Å². The molecule has 100 valence electrons. The second-order valence-electron chi connectivity index (χ2n) is 4.78. The number of rotatable bonds is 3. The maximum atomic E-state index is 5.86. The summed E-state index contributed by atoms with van der Waals surface area (Å²) in [5.41, 5.74) is 1.25. The Morgan fingerprint density at radius 2 is 2.16 bits per heavy atom. The minimum atomic E-state index is 0.182. The molecule has 2 aromatic rings. The molecule has 5 heteroatoms. The Bertz CT molecular complexity index is 528. The lowest BCUT2D eigenvalue weighted by Crippen LogP contribution is -2.30. The van der Waals surface area contributed by atoms with Gasteiger partial charge in [-0.15, -0.1) is 0 Å². The van der Waals surface area contributed by atoms with Gasteiger partial charge in [-0.2, -0.15) is 4.37 Å². The van der Waals surface area contributed by atoms with Crippen molar-refractivity contribution in [1.82, 2.24) is 9.36 Å². The fraction of sp³-hybridized carbons (Fsp3) is 0.429. The zero-order chi connectivity index (χ0) is 13.1. The van der Waals surface area contributed by atoms with Gasteiger partial charge in [-0.25, -0.2) is 4.98 Å². The van der Waals surface area contributed by atoms with Gasteiger partial charge in [-0.05, 0) is 25.3 Å². The Hall–Kier alpha value is -1.46. The molecule has 1 aliphatic heterocycles. The van der Waals surface area contributed by atoms with E-state index < -0.39 is 0 Å². The Morgan fingerprint density at radius 3 is 2.89 bits per heavy atom. The van der Waals surface area contributed by atoms with Crippen molar-refractivity contribution < 1.29 is 4.74 Å². The van der Waals surface area contributed by atoms with Gasteiger partial charge < -0.3 is 10.1 Å². The third kappa shape index (κ3) is 3.11. The van der Waals surface area contributed by atoms with E-state index >= 15 is 0 Å². The minimum Gasteiger partial charge on any atom is -0.373 e. The number of aryl methyl sites for hydroxylation is 1. The first kappa shape index (κ1) is 12.6. The zero-order valence-corrected chi connectivity index (χ0v) is 11.7. The smallest absolute Gasteiger partial charge is 0.202 e. The van der Waals surface area contributed by atoms with E-state index in [-0.39, 0.29) is 6.10 Å². The predicted molar refractivity (Wildman–Crippen MR) is 76.4 cm³/mol. The van der Waals surface area contributed by atoms with Crippen molar-refractivity contribution in [2.75, 3.05) is 11.9 Å². The molecule has 0 bridgehead atoms. The van der Waals surface area contributed by atoms with Crippen LogP contribution in [0.3, 0.4) is 0 Å². The molecule has 1 aromatic heterocycles. The molecule has 1 aliphatic rings. The van der Waals surface area contributed by atoms with Crippen LogP contribution in [-0.4, -0.2) is 22.0 Å². The van der Waals surface area contributed by atoms with E-state index in [2.05, 4.69) is 38.9 Å². The van der Waals surface area contributed by atoms with Crippen molar-refractivity contribution in [3.05, 3.63) is 41.7 Å². The highest BCUT2D eigenvalue weighted by Crippen LogP contribution is 2.29. The molecule has 1 saturated heterocycles. The van der Waals surface area contributed by atoms with Gasteiger partial charge in [0.1, 0.15) is 5.82 Å². The van der Waals surface area contributed by atoms with Crippen molar-refractivity contribution in [2.45, 2.75) is 31.9 Å². The Balaban J connectivity index is 1.65. The molecular formula is C14H17N3OS. The maximum Gasteiger partial charge on any atom is 0.202 e. The van der Waals surface area contributed by atoms with Gasteiger partial charge in [0, 0.05) is 24.2 Å². The van der Waals surface area contributed by atoms with Gasteiger partial charge in [0.25, 0.3) is 0 Å². The molecule has 0 aliphatic carbocycles. The lowest BCUT2D eigenvalue weighted by molar-refractivity contribution is 0.00979. The SMILES string of the molecule is Cc1nsc(NC2CCOC(c3ccccc3)C2)n1. The van der Waals surface area contributed by atoms with E-state index in [0.29, 0.717) is 6.04 Å². The molecule has 2 atom stereocenters. The number of benzene rings is 1.